The normalized spacial score (nSPS) is 9.74. The summed E-state index contributed by atoms with van der Waals surface area (Å²) in [6.45, 7) is 1.56. The lowest BCUT2D eigenvalue weighted by atomic mass is 10.1. The highest BCUT2D eigenvalue weighted by atomic mass is 16.1. The summed E-state index contributed by atoms with van der Waals surface area (Å²) >= 11 is 0. The Morgan fingerprint density at radius 1 is 1.11 bits per heavy atom. The maximum Gasteiger partial charge on any atom is 0.161 e. The Labute approximate surface area is 112 Å². The highest BCUT2D eigenvalue weighted by Crippen LogP contribution is 2.27. The van der Waals surface area contributed by atoms with Gasteiger partial charge >= 0.3 is 0 Å². The van der Waals surface area contributed by atoms with Crippen molar-refractivity contribution in [2.24, 2.45) is 0 Å². The van der Waals surface area contributed by atoms with Crippen LogP contribution in [0, 0.1) is 11.3 Å². The van der Waals surface area contributed by atoms with Gasteiger partial charge in [0.05, 0.1) is 17.3 Å². The zero-order valence-electron chi connectivity index (χ0n) is 10.9. The first kappa shape index (κ1) is 12.8. The Bertz CT molecular complexity index is 639. The van der Waals surface area contributed by atoms with Crippen LogP contribution in [0.5, 0.6) is 0 Å². The van der Waals surface area contributed by atoms with E-state index >= 15 is 0 Å². The van der Waals surface area contributed by atoms with E-state index in [-0.39, 0.29) is 5.78 Å². The average molecular weight is 250 g/mol. The van der Waals surface area contributed by atoms with Gasteiger partial charge in [-0.05, 0) is 43.3 Å². The van der Waals surface area contributed by atoms with Gasteiger partial charge in [-0.15, -0.1) is 0 Å². The molecular formula is C16H14N2O. The van der Waals surface area contributed by atoms with E-state index in [0.29, 0.717) is 11.1 Å². The molecular weight excluding hydrogens is 236 g/mol. The van der Waals surface area contributed by atoms with Gasteiger partial charge in [0.15, 0.2) is 5.78 Å². The van der Waals surface area contributed by atoms with Crippen molar-refractivity contribution in [1.29, 1.82) is 5.26 Å². The third-order valence-electron chi connectivity index (χ3n) is 3.03. The number of benzene rings is 2. The number of nitrogens with zero attached hydrogens (tertiary/aromatic N) is 2. The van der Waals surface area contributed by atoms with Gasteiger partial charge in [0.1, 0.15) is 0 Å². The molecule has 0 atom stereocenters. The summed E-state index contributed by atoms with van der Waals surface area (Å²) in [5, 5.41) is 8.79. The van der Waals surface area contributed by atoms with Gasteiger partial charge in [0.25, 0.3) is 0 Å². The van der Waals surface area contributed by atoms with Crippen LogP contribution in [-0.2, 0) is 0 Å². The molecule has 0 saturated heterocycles. The summed E-state index contributed by atoms with van der Waals surface area (Å²) in [5.41, 5.74) is 3.11. The van der Waals surface area contributed by atoms with Crippen molar-refractivity contribution in [2.75, 3.05) is 11.9 Å². The van der Waals surface area contributed by atoms with Gasteiger partial charge in [-0.2, -0.15) is 5.26 Å². The lowest BCUT2D eigenvalue weighted by Gasteiger charge is -2.21. The third-order valence-corrected chi connectivity index (χ3v) is 3.03. The first-order valence-corrected chi connectivity index (χ1v) is 5.97. The Kier molecular flexibility index (Phi) is 3.63. The predicted molar refractivity (Wildman–Crippen MR) is 75.7 cm³/mol. The number of carbonyl (C=O) groups excluding carboxylic acids is 1. The Hall–Kier alpha value is -2.60. The number of anilines is 2. The lowest BCUT2D eigenvalue weighted by molar-refractivity contribution is 0.101. The molecule has 0 radical (unpaired) electrons. The topological polar surface area (TPSA) is 44.1 Å². The van der Waals surface area contributed by atoms with Crippen LogP contribution in [0.3, 0.4) is 0 Å². The Morgan fingerprint density at radius 2 is 1.74 bits per heavy atom. The van der Waals surface area contributed by atoms with Crippen molar-refractivity contribution < 1.29 is 4.79 Å². The summed E-state index contributed by atoms with van der Waals surface area (Å²) in [6, 6.07) is 16.9. The summed E-state index contributed by atoms with van der Waals surface area (Å²) in [6.07, 6.45) is 0. The molecule has 0 aliphatic rings. The summed E-state index contributed by atoms with van der Waals surface area (Å²) in [4.78, 5) is 13.6. The molecule has 0 unspecified atom stereocenters. The molecule has 2 aromatic carbocycles. The monoisotopic (exact) mass is 250 g/mol. The molecule has 3 nitrogen and oxygen atoms in total. The zero-order chi connectivity index (χ0) is 13.8. The molecule has 2 aromatic rings. The van der Waals surface area contributed by atoms with Crippen LogP contribution in [0.15, 0.2) is 48.5 Å². The molecule has 3 heteroatoms. The first-order chi connectivity index (χ1) is 9.13. The van der Waals surface area contributed by atoms with Gasteiger partial charge in [-0.25, -0.2) is 0 Å². The summed E-state index contributed by atoms with van der Waals surface area (Å²) < 4.78 is 0. The van der Waals surface area contributed by atoms with Crippen molar-refractivity contribution in [2.45, 2.75) is 6.92 Å². The standard InChI is InChI=1S/C16H14N2O/c1-12(19)15-5-3-4-6-16(15)18(2)14-9-7-13(11-17)8-10-14/h3-10H,1-2H3. The fourth-order valence-corrected chi connectivity index (χ4v) is 1.96. The quantitative estimate of drug-likeness (QED) is 0.783. The largest absolute Gasteiger partial charge is 0.344 e. The van der Waals surface area contributed by atoms with E-state index < -0.39 is 0 Å². The summed E-state index contributed by atoms with van der Waals surface area (Å²) in [7, 11) is 1.91. The van der Waals surface area contributed by atoms with Gasteiger partial charge in [0, 0.05) is 18.3 Å². The van der Waals surface area contributed by atoms with E-state index in [0.717, 1.165) is 11.4 Å². The van der Waals surface area contributed by atoms with Crippen LogP contribution in [-0.4, -0.2) is 12.8 Å². The predicted octanol–water partition coefficient (Wildman–Crippen LogP) is 3.53. The second-order valence-corrected chi connectivity index (χ2v) is 4.29. The van der Waals surface area contributed by atoms with E-state index in [1.165, 1.54) is 0 Å². The number of rotatable bonds is 3. The Balaban J connectivity index is 2.41. The van der Waals surface area contributed by atoms with E-state index in [1.54, 1.807) is 19.1 Å². The highest BCUT2D eigenvalue weighted by Gasteiger charge is 2.11. The van der Waals surface area contributed by atoms with Gasteiger partial charge in [-0.3, -0.25) is 4.79 Å². The van der Waals surface area contributed by atoms with Gasteiger partial charge < -0.3 is 4.90 Å². The molecule has 94 valence electrons. The molecule has 19 heavy (non-hydrogen) atoms. The molecule has 0 amide bonds. The smallest absolute Gasteiger partial charge is 0.161 e. The van der Waals surface area contributed by atoms with Crippen molar-refractivity contribution in [3.63, 3.8) is 0 Å². The molecule has 0 N–H and O–H groups in total. The highest BCUT2D eigenvalue weighted by molar-refractivity contribution is 6.00. The number of Topliss-reactive ketones (excluding diaryl/α,β-unsaturated/α-hetero) is 1. The molecule has 2 rings (SSSR count). The molecule has 0 bridgehead atoms. The van der Waals surface area contributed by atoms with Crippen molar-refractivity contribution in [3.8, 4) is 6.07 Å². The number of carbonyl (C=O) groups is 1. The van der Waals surface area contributed by atoms with Crippen molar-refractivity contribution >= 4 is 17.2 Å². The fraction of sp³-hybridized carbons (Fsp3) is 0.125. The number of hydrogen-bond donors (Lipinski definition) is 0. The summed E-state index contributed by atoms with van der Waals surface area (Å²) in [5.74, 6) is 0.0381. The van der Waals surface area contributed by atoms with Crippen LogP contribution >= 0.6 is 0 Å². The maximum absolute atomic E-state index is 11.6. The third kappa shape index (κ3) is 2.63. The van der Waals surface area contributed by atoms with E-state index in [2.05, 4.69) is 6.07 Å². The van der Waals surface area contributed by atoms with Crippen LogP contribution in [0.25, 0.3) is 0 Å². The minimum Gasteiger partial charge on any atom is -0.344 e. The molecule has 0 fully saturated rings. The second-order valence-electron chi connectivity index (χ2n) is 4.29. The molecule has 0 aliphatic carbocycles. The van der Waals surface area contributed by atoms with Crippen LogP contribution < -0.4 is 4.90 Å². The minimum absolute atomic E-state index is 0.0381. The molecule has 0 aliphatic heterocycles. The van der Waals surface area contributed by atoms with Crippen molar-refractivity contribution in [3.05, 3.63) is 59.7 Å². The molecule has 0 spiro atoms. The number of nitriles is 1. The van der Waals surface area contributed by atoms with E-state index in [9.17, 15) is 4.79 Å². The van der Waals surface area contributed by atoms with E-state index in [1.807, 2.05) is 48.3 Å². The number of para-hydroxylation sites is 1. The van der Waals surface area contributed by atoms with E-state index in [4.69, 9.17) is 5.26 Å². The number of ketones is 1. The van der Waals surface area contributed by atoms with Crippen LogP contribution in [0.2, 0.25) is 0 Å². The van der Waals surface area contributed by atoms with Gasteiger partial charge in [-0.1, -0.05) is 12.1 Å². The molecule has 0 heterocycles. The Morgan fingerprint density at radius 3 is 2.32 bits per heavy atom. The SMILES string of the molecule is CC(=O)c1ccccc1N(C)c1ccc(C#N)cc1. The van der Waals surface area contributed by atoms with Crippen molar-refractivity contribution in [1.82, 2.24) is 0 Å². The first-order valence-electron chi connectivity index (χ1n) is 5.97. The minimum atomic E-state index is 0.0381. The number of hydrogen-bond acceptors (Lipinski definition) is 3. The average Bonchev–Trinajstić information content (AvgIpc) is 2.46. The molecule has 0 aromatic heterocycles. The molecule has 0 saturated carbocycles. The fourth-order valence-electron chi connectivity index (χ4n) is 1.96. The van der Waals surface area contributed by atoms with Crippen LogP contribution in [0.4, 0.5) is 11.4 Å². The zero-order valence-corrected chi connectivity index (χ0v) is 10.9. The maximum atomic E-state index is 11.6. The lowest BCUT2D eigenvalue weighted by Crippen LogP contribution is -2.13. The van der Waals surface area contributed by atoms with Gasteiger partial charge in [0.2, 0.25) is 0 Å². The second kappa shape index (κ2) is 5.36. The van der Waals surface area contributed by atoms with Crippen LogP contribution in [0.1, 0.15) is 22.8 Å².